The Labute approximate surface area is 230 Å². The maximum absolute atomic E-state index is 13.9. The Bertz CT molecular complexity index is 1040. The van der Waals surface area contributed by atoms with Crippen LogP contribution in [0.1, 0.15) is 64.0 Å². The summed E-state index contributed by atoms with van der Waals surface area (Å²) in [4.78, 5) is 4.68. The summed E-state index contributed by atoms with van der Waals surface area (Å²) in [5.74, 6) is 2.15. The number of nitrogens with zero attached hydrogens (tertiary/aromatic N) is 2. The van der Waals surface area contributed by atoms with Crippen LogP contribution in [0.3, 0.4) is 0 Å². The van der Waals surface area contributed by atoms with Gasteiger partial charge in [0.1, 0.15) is 5.67 Å². The number of halogens is 1. The van der Waals surface area contributed by atoms with Gasteiger partial charge in [-0.25, -0.2) is 4.39 Å². The third-order valence-corrected chi connectivity index (χ3v) is 8.32. The molecule has 206 valence electrons. The first-order valence-corrected chi connectivity index (χ1v) is 14.6. The van der Waals surface area contributed by atoms with Gasteiger partial charge in [-0.1, -0.05) is 61.7 Å². The molecule has 2 aromatic carbocycles. The van der Waals surface area contributed by atoms with Gasteiger partial charge in [-0.05, 0) is 101 Å². The van der Waals surface area contributed by atoms with Gasteiger partial charge in [-0.15, -0.1) is 0 Å². The van der Waals surface area contributed by atoms with Crippen molar-refractivity contribution in [2.75, 3.05) is 39.3 Å². The normalized spacial score (nSPS) is 17.9. The summed E-state index contributed by atoms with van der Waals surface area (Å²) in [6.07, 6.45) is 6.85. The van der Waals surface area contributed by atoms with Gasteiger partial charge in [0.05, 0.1) is 12.4 Å². The first-order valence-electron chi connectivity index (χ1n) is 14.6. The number of hydrogen-bond acceptors (Lipinski definition) is 3. The molecule has 38 heavy (non-hydrogen) atoms. The van der Waals surface area contributed by atoms with E-state index in [9.17, 15) is 4.39 Å². The lowest BCUT2D eigenvalue weighted by atomic mass is 9.90. The monoisotopic (exact) mass is 518 g/mol. The Morgan fingerprint density at radius 1 is 0.895 bits per heavy atom. The number of benzene rings is 2. The summed E-state index contributed by atoms with van der Waals surface area (Å²) in [6, 6.07) is 17.9. The molecule has 0 unspecified atom stereocenters. The molecular weight excluding hydrogens is 471 g/mol. The highest BCUT2D eigenvalue weighted by atomic mass is 19.1. The summed E-state index contributed by atoms with van der Waals surface area (Å²) in [6.45, 7) is 19.2. The number of rotatable bonds is 11. The molecule has 0 aromatic heterocycles. The molecule has 0 bridgehead atoms. The smallest absolute Gasteiger partial charge is 0.118 e. The quantitative estimate of drug-likeness (QED) is 0.281. The number of likely N-dealkylation sites (tertiary alicyclic amines) is 2. The van der Waals surface area contributed by atoms with Crippen molar-refractivity contribution in [3.05, 3.63) is 78.6 Å². The molecule has 0 amide bonds. The van der Waals surface area contributed by atoms with Gasteiger partial charge < -0.3 is 14.5 Å². The summed E-state index contributed by atoms with van der Waals surface area (Å²) >= 11 is 0. The summed E-state index contributed by atoms with van der Waals surface area (Å²) in [5, 5.41) is 0. The fraction of sp³-hybridized carbons (Fsp3) is 0.529. The second kappa shape index (κ2) is 13.0. The largest absolute Gasteiger partial charge is 0.499 e. The molecule has 0 radical (unpaired) electrons. The fourth-order valence-electron chi connectivity index (χ4n) is 6.01. The van der Waals surface area contributed by atoms with Gasteiger partial charge in [-0.2, -0.15) is 0 Å². The molecule has 0 atom stereocenters. The molecule has 0 aliphatic carbocycles. The Morgan fingerprint density at radius 3 is 2.03 bits per heavy atom. The number of allylic oxidation sites excluding steroid dienone is 1. The number of alkyl halides is 1. The van der Waals surface area contributed by atoms with E-state index in [2.05, 4.69) is 71.5 Å². The van der Waals surface area contributed by atoms with Crippen LogP contribution in [-0.2, 0) is 11.2 Å². The lowest BCUT2D eigenvalue weighted by Gasteiger charge is -2.35. The molecule has 4 heteroatoms. The zero-order valence-electron chi connectivity index (χ0n) is 23.9. The van der Waals surface area contributed by atoms with E-state index in [1.165, 1.54) is 41.5 Å². The van der Waals surface area contributed by atoms with Crippen molar-refractivity contribution in [2.24, 2.45) is 11.8 Å². The average molecular weight is 519 g/mol. The minimum atomic E-state index is -1.10. The van der Waals surface area contributed by atoms with Crippen LogP contribution in [0.5, 0.6) is 0 Å². The van der Waals surface area contributed by atoms with E-state index in [0.29, 0.717) is 19.1 Å². The van der Waals surface area contributed by atoms with Gasteiger partial charge in [0.25, 0.3) is 0 Å². The van der Waals surface area contributed by atoms with Crippen LogP contribution in [0.25, 0.3) is 16.8 Å². The lowest BCUT2D eigenvalue weighted by molar-refractivity contribution is 0.0943. The Morgan fingerprint density at radius 2 is 1.47 bits per heavy atom. The van der Waals surface area contributed by atoms with Gasteiger partial charge in [0.15, 0.2) is 0 Å². The maximum atomic E-state index is 13.9. The Balaban J connectivity index is 1.23. The molecule has 2 aromatic rings. The van der Waals surface area contributed by atoms with Gasteiger partial charge >= 0.3 is 0 Å². The molecular formula is C34H47FN2O. The van der Waals surface area contributed by atoms with E-state index in [1.807, 2.05) is 6.92 Å². The van der Waals surface area contributed by atoms with E-state index in [4.69, 9.17) is 4.74 Å². The first kappa shape index (κ1) is 28.4. The highest BCUT2D eigenvalue weighted by Gasteiger charge is 2.25. The van der Waals surface area contributed by atoms with Crippen molar-refractivity contribution in [1.29, 1.82) is 0 Å². The molecule has 3 nitrogen and oxygen atoms in total. The molecule has 2 heterocycles. The highest BCUT2D eigenvalue weighted by molar-refractivity contribution is 5.69. The third-order valence-electron chi connectivity index (χ3n) is 8.32. The second-order valence-corrected chi connectivity index (χ2v) is 11.9. The Hall–Kier alpha value is -2.59. The molecule has 2 saturated heterocycles. The molecule has 4 rings (SSSR count). The molecule has 0 N–H and O–H groups in total. The minimum Gasteiger partial charge on any atom is -0.499 e. The van der Waals surface area contributed by atoms with Crippen LogP contribution in [0.15, 0.2) is 67.4 Å². The number of ether oxygens (including phenoxy) is 1. The van der Waals surface area contributed by atoms with Crippen LogP contribution in [0.4, 0.5) is 4.39 Å². The van der Waals surface area contributed by atoms with Crippen LogP contribution in [0.2, 0.25) is 0 Å². The zero-order chi connectivity index (χ0) is 27.1. The van der Waals surface area contributed by atoms with Crippen LogP contribution in [-0.4, -0.2) is 54.8 Å². The lowest BCUT2D eigenvalue weighted by Crippen LogP contribution is -2.41. The predicted molar refractivity (Wildman–Crippen MR) is 159 cm³/mol. The Kier molecular flexibility index (Phi) is 9.70. The van der Waals surface area contributed by atoms with Crippen molar-refractivity contribution >= 4 is 5.70 Å². The van der Waals surface area contributed by atoms with E-state index in [1.54, 1.807) is 13.8 Å². The molecule has 2 fully saturated rings. The van der Waals surface area contributed by atoms with Gasteiger partial charge in [-0.3, -0.25) is 0 Å². The summed E-state index contributed by atoms with van der Waals surface area (Å²) in [5.41, 5.74) is 5.09. The van der Waals surface area contributed by atoms with Crippen LogP contribution in [0, 0.1) is 11.8 Å². The highest BCUT2D eigenvalue weighted by Crippen LogP contribution is 2.30. The maximum Gasteiger partial charge on any atom is 0.118 e. The summed E-state index contributed by atoms with van der Waals surface area (Å²) in [7, 11) is 0. The SMILES string of the molecule is C=C(OCC)C1CCN(C(=C)c2ccc(-c3ccc(CCC4CCN(CC(C)(C)F)CC4)cc3)cc2)CC1. The minimum absolute atomic E-state index is 0.456. The molecule has 2 aliphatic rings. The zero-order valence-corrected chi connectivity index (χ0v) is 23.9. The second-order valence-electron chi connectivity index (χ2n) is 11.9. The molecule has 0 saturated carbocycles. The van der Waals surface area contributed by atoms with E-state index in [0.717, 1.165) is 62.8 Å². The van der Waals surface area contributed by atoms with Crippen LogP contribution < -0.4 is 0 Å². The van der Waals surface area contributed by atoms with Crippen LogP contribution >= 0.6 is 0 Å². The predicted octanol–water partition coefficient (Wildman–Crippen LogP) is 7.98. The number of hydrogen-bond donors (Lipinski definition) is 0. The molecule has 2 aliphatic heterocycles. The first-order chi connectivity index (χ1) is 18.2. The molecule has 0 spiro atoms. The average Bonchev–Trinajstić information content (AvgIpc) is 2.92. The van der Waals surface area contributed by atoms with Crippen molar-refractivity contribution < 1.29 is 9.13 Å². The van der Waals surface area contributed by atoms with E-state index < -0.39 is 5.67 Å². The van der Waals surface area contributed by atoms with E-state index in [-0.39, 0.29) is 0 Å². The fourth-order valence-corrected chi connectivity index (χ4v) is 6.01. The standard InChI is InChI=1S/C34H47FN2O/c1-6-38-27(3)31-19-23-37(24-20-31)26(2)30-13-15-33(16-14-30)32-11-9-28(10-12-32)7-8-29-17-21-36(22-18-29)25-34(4,5)35/h9-16,29,31H,2-3,6-8,17-25H2,1,4-5H3. The topological polar surface area (TPSA) is 15.7 Å². The van der Waals surface area contributed by atoms with E-state index >= 15 is 0 Å². The van der Waals surface area contributed by atoms with Crippen molar-refractivity contribution in [1.82, 2.24) is 9.80 Å². The number of aryl methyl sites for hydroxylation is 1. The van der Waals surface area contributed by atoms with Crippen molar-refractivity contribution in [2.45, 2.75) is 65.0 Å². The van der Waals surface area contributed by atoms with Gasteiger partial charge in [0.2, 0.25) is 0 Å². The van der Waals surface area contributed by atoms with Gasteiger partial charge in [0, 0.05) is 31.2 Å². The summed E-state index contributed by atoms with van der Waals surface area (Å²) < 4.78 is 19.6. The van der Waals surface area contributed by atoms with Crippen molar-refractivity contribution in [3.63, 3.8) is 0 Å². The third kappa shape index (κ3) is 7.96. The number of piperidine rings is 2. The van der Waals surface area contributed by atoms with Crippen molar-refractivity contribution in [3.8, 4) is 11.1 Å².